The van der Waals surface area contributed by atoms with E-state index in [-0.39, 0.29) is 5.41 Å². The molecule has 0 bridgehead atoms. The Hall–Kier alpha value is -6.39. The van der Waals surface area contributed by atoms with Crippen molar-refractivity contribution in [2.75, 3.05) is 0 Å². The highest BCUT2D eigenvalue weighted by Crippen LogP contribution is 2.49. The van der Waals surface area contributed by atoms with Crippen LogP contribution in [0.2, 0.25) is 0 Å². The van der Waals surface area contributed by atoms with Crippen LogP contribution in [0.5, 0.6) is 0 Å². The lowest BCUT2D eigenvalue weighted by atomic mass is 9.82. The van der Waals surface area contributed by atoms with E-state index in [4.69, 9.17) is 19.4 Å². The molecule has 50 heavy (non-hydrogen) atoms. The Morgan fingerprint density at radius 2 is 1.06 bits per heavy atom. The van der Waals surface area contributed by atoms with Gasteiger partial charge in [0.05, 0.1) is 0 Å². The van der Waals surface area contributed by atoms with E-state index < -0.39 is 0 Å². The Kier molecular flexibility index (Phi) is 6.19. The van der Waals surface area contributed by atoms with Crippen molar-refractivity contribution in [3.8, 4) is 56.4 Å². The first-order valence-corrected chi connectivity index (χ1v) is 17.0. The summed E-state index contributed by atoms with van der Waals surface area (Å²) in [5, 5.41) is 4.61. The summed E-state index contributed by atoms with van der Waals surface area (Å²) in [5.41, 5.74) is 11.8. The highest BCUT2D eigenvalue weighted by molar-refractivity contribution is 6.13. The number of rotatable bonds is 4. The van der Waals surface area contributed by atoms with E-state index in [1.807, 2.05) is 36.4 Å². The second-order valence-electron chi connectivity index (χ2n) is 13.7. The lowest BCUT2D eigenvalue weighted by Gasteiger charge is -2.21. The van der Waals surface area contributed by atoms with Crippen LogP contribution in [-0.4, -0.2) is 15.0 Å². The van der Waals surface area contributed by atoms with Crippen LogP contribution in [0.1, 0.15) is 25.0 Å². The van der Waals surface area contributed by atoms with E-state index in [1.54, 1.807) is 0 Å². The topological polar surface area (TPSA) is 51.8 Å². The van der Waals surface area contributed by atoms with Crippen molar-refractivity contribution in [3.05, 3.63) is 163 Å². The number of hydrogen-bond donors (Lipinski definition) is 0. The summed E-state index contributed by atoms with van der Waals surface area (Å²) in [7, 11) is 0. The monoisotopic (exact) mass is 641 g/mol. The summed E-state index contributed by atoms with van der Waals surface area (Å²) in [6.07, 6.45) is 0. The lowest BCUT2D eigenvalue weighted by Crippen LogP contribution is -2.14. The molecule has 0 N–H and O–H groups in total. The van der Waals surface area contributed by atoms with E-state index in [0.29, 0.717) is 17.5 Å². The van der Waals surface area contributed by atoms with Crippen LogP contribution in [0.25, 0.3) is 89.1 Å². The molecule has 0 spiro atoms. The van der Waals surface area contributed by atoms with Crippen molar-refractivity contribution in [1.82, 2.24) is 15.0 Å². The minimum atomic E-state index is -0.0694. The van der Waals surface area contributed by atoms with E-state index in [9.17, 15) is 0 Å². The maximum Gasteiger partial charge on any atom is 0.164 e. The maximum atomic E-state index is 6.53. The Bertz CT molecular complexity index is 2790. The van der Waals surface area contributed by atoms with Gasteiger partial charge in [-0.05, 0) is 74.5 Å². The number of benzene rings is 7. The van der Waals surface area contributed by atoms with E-state index in [1.165, 1.54) is 33.0 Å². The van der Waals surface area contributed by atoms with Crippen molar-refractivity contribution in [2.24, 2.45) is 0 Å². The molecule has 9 aromatic rings. The predicted molar refractivity (Wildman–Crippen MR) is 204 cm³/mol. The molecule has 236 valence electrons. The number of aromatic nitrogens is 3. The highest BCUT2D eigenvalue weighted by Gasteiger charge is 2.35. The van der Waals surface area contributed by atoms with Crippen LogP contribution < -0.4 is 0 Å². The zero-order valence-corrected chi connectivity index (χ0v) is 27.7. The fourth-order valence-electron chi connectivity index (χ4n) is 7.77. The van der Waals surface area contributed by atoms with Gasteiger partial charge in [-0.25, -0.2) is 15.0 Å². The van der Waals surface area contributed by atoms with Crippen LogP contribution in [0, 0.1) is 0 Å². The first-order chi connectivity index (χ1) is 24.5. The van der Waals surface area contributed by atoms with E-state index in [2.05, 4.69) is 129 Å². The van der Waals surface area contributed by atoms with Gasteiger partial charge in [0.2, 0.25) is 0 Å². The summed E-state index contributed by atoms with van der Waals surface area (Å²) < 4.78 is 6.53. The van der Waals surface area contributed by atoms with Crippen LogP contribution in [0.4, 0.5) is 0 Å². The fraction of sp³-hybridized carbons (Fsp3) is 0.0652. The fourth-order valence-corrected chi connectivity index (χ4v) is 7.77. The van der Waals surface area contributed by atoms with Gasteiger partial charge in [0.1, 0.15) is 11.2 Å². The molecular formula is C46H31N3O. The van der Waals surface area contributed by atoms with E-state index in [0.717, 1.165) is 49.8 Å². The van der Waals surface area contributed by atoms with Crippen LogP contribution >= 0.6 is 0 Å². The molecule has 0 saturated heterocycles. The van der Waals surface area contributed by atoms with Crippen molar-refractivity contribution in [3.63, 3.8) is 0 Å². The summed E-state index contributed by atoms with van der Waals surface area (Å²) in [6.45, 7) is 4.59. The Morgan fingerprint density at radius 3 is 1.90 bits per heavy atom. The Labute approximate surface area is 289 Å². The molecule has 4 heteroatoms. The highest BCUT2D eigenvalue weighted by atomic mass is 16.3. The van der Waals surface area contributed by atoms with E-state index >= 15 is 0 Å². The van der Waals surface area contributed by atoms with Gasteiger partial charge in [0, 0.05) is 32.9 Å². The second kappa shape index (κ2) is 10.8. The minimum absolute atomic E-state index is 0.0694. The first-order valence-electron chi connectivity index (χ1n) is 17.0. The normalized spacial score (nSPS) is 13.2. The van der Waals surface area contributed by atoms with Crippen molar-refractivity contribution in [2.45, 2.75) is 19.3 Å². The molecule has 10 rings (SSSR count). The molecule has 0 saturated carbocycles. The molecule has 1 aliphatic carbocycles. The average Bonchev–Trinajstić information content (AvgIpc) is 3.66. The summed E-state index contributed by atoms with van der Waals surface area (Å²) in [5.74, 6) is 1.88. The molecule has 0 fully saturated rings. The minimum Gasteiger partial charge on any atom is -0.456 e. The Balaban J connectivity index is 1.12. The molecule has 7 aromatic carbocycles. The number of hydrogen-bond acceptors (Lipinski definition) is 4. The van der Waals surface area contributed by atoms with Crippen molar-refractivity contribution < 1.29 is 4.42 Å². The predicted octanol–water partition coefficient (Wildman–Crippen LogP) is 11.9. The first kappa shape index (κ1) is 28.6. The van der Waals surface area contributed by atoms with Gasteiger partial charge < -0.3 is 4.42 Å². The standard InChI is InChI=1S/C46H31N3O/c1-46(2)38-17-9-8-15-35(38)37-26-32(22-24-39(37)46)44-47-43(29-12-4-3-5-13-29)48-45(49-44)33-21-23-36-41(27-33)50-40-18-10-16-34(42(36)40)31-20-19-28-11-6-7-14-30(28)25-31/h3-27H,1-2H3. The quantitative estimate of drug-likeness (QED) is 0.192. The molecular weight excluding hydrogens is 611 g/mol. The van der Waals surface area contributed by atoms with Gasteiger partial charge >= 0.3 is 0 Å². The zero-order valence-electron chi connectivity index (χ0n) is 27.7. The van der Waals surface area contributed by atoms with Gasteiger partial charge in [-0.2, -0.15) is 0 Å². The summed E-state index contributed by atoms with van der Waals surface area (Å²) >= 11 is 0. The third-order valence-electron chi connectivity index (χ3n) is 10.3. The van der Waals surface area contributed by atoms with Gasteiger partial charge in [0.25, 0.3) is 0 Å². The zero-order chi connectivity index (χ0) is 33.4. The third-order valence-corrected chi connectivity index (χ3v) is 10.3. The number of furan rings is 1. The van der Waals surface area contributed by atoms with Gasteiger partial charge in [-0.3, -0.25) is 0 Å². The van der Waals surface area contributed by atoms with Crippen LogP contribution in [-0.2, 0) is 5.41 Å². The third kappa shape index (κ3) is 4.42. The molecule has 0 aliphatic heterocycles. The molecule has 2 heterocycles. The molecule has 1 aliphatic rings. The van der Waals surface area contributed by atoms with Crippen molar-refractivity contribution in [1.29, 1.82) is 0 Å². The molecule has 0 unspecified atom stereocenters. The second-order valence-corrected chi connectivity index (χ2v) is 13.7. The van der Waals surface area contributed by atoms with Gasteiger partial charge in [-0.15, -0.1) is 0 Å². The van der Waals surface area contributed by atoms with Gasteiger partial charge in [-0.1, -0.05) is 135 Å². The molecule has 0 amide bonds. The van der Waals surface area contributed by atoms with Crippen LogP contribution in [0.3, 0.4) is 0 Å². The van der Waals surface area contributed by atoms with Crippen molar-refractivity contribution >= 4 is 32.7 Å². The largest absolute Gasteiger partial charge is 0.456 e. The number of nitrogens with zero attached hydrogens (tertiary/aromatic N) is 3. The summed E-state index contributed by atoms with van der Waals surface area (Å²) in [4.78, 5) is 15.2. The Morgan fingerprint density at radius 1 is 0.420 bits per heavy atom. The van der Waals surface area contributed by atoms with Crippen LogP contribution in [0.15, 0.2) is 156 Å². The SMILES string of the molecule is CC1(C)c2ccccc2-c2cc(-c3nc(-c4ccccc4)nc(-c4ccc5c(c4)oc4cccc(-c6ccc7ccccc7c6)c45)n3)ccc21. The lowest BCUT2D eigenvalue weighted by molar-refractivity contribution is 0.660. The molecule has 0 radical (unpaired) electrons. The maximum absolute atomic E-state index is 6.53. The molecule has 4 nitrogen and oxygen atoms in total. The average molecular weight is 642 g/mol. The number of fused-ring (bicyclic) bond motifs is 7. The molecule has 2 aromatic heterocycles. The summed E-state index contributed by atoms with van der Waals surface area (Å²) in [6, 6.07) is 53.2. The smallest absolute Gasteiger partial charge is 0.164 e. The van der Waals surface area contributed by atoms with Gasteiger partial charge in [0.15, 0.2) is 17.5 Å². The molecule has 0 atom stereocenters.